The topological polar surface area (TPSA) is 40.9 Å². The van der Waals surface area contributed by atoms with Crippen LogP contribution in [0, 0.1) is 0 Å². The Labute approximate surface area is 188 Å². The number of rotatable bonds is 5. The fourth-order valence-corrected chi connectivity index (χ4v) is 4.42. The van der Waals surface area contributed by atoms with Gasteiger partial charge in [0, 0.05) is 38.5 Å². The Morgan fingerprint density at radius 2 is 1.44 bits per heavy atom. The van der Waals surface area contributed by atoms with Crippen LogP contribution in [0.25, 0.3) is 11.7 Å². The zero-order chi connectivity index (χ0) is 21.8. The fraction of sp³-hybridized carbons (Fsp3) is 0.185. The van der Waals surface area contributed by atoms with Gasteiger partial charge in [-0.15, -0.1) is 0 Å². The number of carbonyl (C=O) groups is 1. The number of amides is 1. The smallest absolute Gasteiger partial charge is 0.246 e. The second-order valence-electron chi connectivity index (χ2n) is 8.03. The Bertz CT molecular complexity index is 1170. The number of hydrogen-bond acceptors (Lipinski definition) is 3. The van der Waals surface area contributed by atoms with Crippen molar-refractivity contribution in [3.05, 3.63) is 114 Å². The van der Waals surface area contributed by atoms with E-state index in [4.69, 9.17) is 0 Å². The number of aromatic nitrogens is 2. The monoisotopic (exact) mass is 422 g/mol. The molecule has 1 amide bonds. The second-order valence-corrected chi connectivity index (χ2v) is 8.03. The molecule has 5 nitrogen and oxygen atoms in total. The van der Waals surface area contributed by atoms with Crippen molar-refractivity contribution in [3.8, 4) is 0 Å². The molecule has 0 unspecified atom stereocenters. The Kier molecular flexibility index (Phi) is 5.81. The molecule has 0 N–H and O–H groups in total. The van der Waals surface area contributed by atoms with Gasteiger partial charge in [-0.3, -0.25) is 9.69 Å². The fourth-order valence-electron chi connectivity index (χ4n) is 4.42. The molecule has 2 aromatic heterocycles. The van der Waals surface area contributed by atoms with Crippen molar-refractivity contribution in [1.82, 2.24) is 19.2 Å². The highest BCUT2D eigenvalue weighted by atomic mass is 16.2. The minimum absolute atomic E-state index is 0.0477. The first-order valence-corrected chi connectivity index (χ1v) is 11.0. The zero-order valence-electron chi connectivity index (χ0n) is 17.9. The third kappa shape index (κ3) is 4.20. The van der Waals surface area contributed by atoms with E-state index in [-0.39, 0.29) is 11.9 Å². The van der Waals surface area contributed by atoms with Crippen LogP contribution in [0.5, 0.6) is 0 Å². The molecule has 160 valence electrons. The van der Waals surface area contributed by atoms with E-state index in [0.29, 0.717) is 13.1 Å². The zero-order valence-corrected chi connectivity index (χ0v) is 17.9. The summed E-state index contributed by atoms with van der Waals surface area (Å²) < 4.78 is 1.98. The Balaban J connectivity index is 1.28. The van der Waals surface area contributed by atoms with Crippen LogP contribution in [0.2, 0.25) is 0 Å². The number of piperazine rings is 1. The summed E-state index contributed by atoms with van der Waals surface area (Å²) in [5.41, 5.74) is 4.35. The lowest BCUT2D eigenvalue weighted by molar-refractivity contribution is -0.127. The first-order valence-electron chi connectivity index (χ1n) is 11.0. The first-order chi connectivity index (χ1) is 15.8. The van der Waals surface area contributed by atoms with Gasteiger partial charge in [0.2, 0.25) is 5.91 Å². The predicted octanol–water partition coefficient (Wildman–Crippen LogP) is 4.28. The van der Waals surface area contributed by atoms with Crippen molar-refractivity contribution < 1.29 is 4.79 Å². The molecule has 1 aliphatic rings. The van der Waals surface area contributed by atoms with Crippen LogP contribution in [0.15, 0.2) is 97.3 Å². The summed E-state index contributed by atoms with van der Waals surface area (Å²) in [5.74, 6) is 0.0477. The highest BCUT2D eigenvalue weighted by Crippen LogP contribution is 2.29. The van der Waals surface area contributed by atoms with Crippen molar-refractivity contribution in [1.29, 1.82) is 0 Å². The largest absolute Gasteiger partial charge is 0.337 e. The Morgan fingerprint density at radius 3 is 2.09 bits per heavy atom. The summed E-state index contributed by atoms with van der Waals surface area (Å²) in [7, 11) is 0. The number of nitrogens with zero attached hydrogens (tertiary/aromatic N) is 4. The van der Waals surface area contributed by atoms with E-state index in [9.17, 15) is 4.79 Å². The van der Waals surface area contributed by atoms with Crippen LogP contribution in [-0.4, -0.2) is 51.3 Å². The minimum Gasteiger partial charge on any atom is -0.337 e. The average Bonchev–Trinajstić information content (AvgIpc) is 3.28. The molecule has 1 aliphatic heterocycles. The summed E-state index contributed by atoms with van der Waals surface area (Å²) in [6, 6.07) is 27.3. The standard InChI is InChI=1S/C27H26N4O/c32-26(15-14-24-21-28-25-13-7-8-16-31(24)25)29-17-19-30(20-18-29)27(22-9-3-1-4-10-22)23-11-5-2-6-12-23/h1-16,21,27H,17-20H2/b15-14+. The molecule has 1 saturated heterocycles. The van der Waals surface area contributed by atoms with Crippen LogP contribution in [0.3, 0.4) is 0 Å². The van der Waals surface area contributed by atoms with Crippen LogP contribution >= 0.6 is 0 Å². The SMILES string of the molecule is O=C(/C=C/c1cnc2ccccn12)N1CCN(C(c2ccccc2)c2ccccc2)CC1. The van der Waals surface area contributed by atoms with E-state index in [1.54, 1.807) is 12.3 Å². The summed E-state index contributed by atoms with van der Waals surface area (Å²) in [6.45, 7) is 3.10. The third-order valence-electron chi connectivity index (χ3n) is 6.06. The normalized spacial score (nSPS) is 15.1. The quantitative estimate of drug-likeness (QED) is 0.451. The van der Waals surface area contributed by atoms with Crippen molar-refractivity contribution >= 4 is 17.6 Å². The summed E-state index contributed by atoms with van der Waals surface area (Å²) in [5, 5.41) is 0. The molecule has 0 aliphatic carbocycles. The lowest BCUT2D eigenvalue weighted by atomic mass is 9.96. The maximum Gasteiger partial charge on any atom is 0.246 e. The van der Waals surface area contributed by atoms with Gasteiger partial charge in [0.15, 0.2) is 0 Å². The molecule has 0 bridgehead atoms. The molecule has 32 heavy (non-hydrogen) atoms. The molecule has 5 rings (SSSR count). The lowest BCUT2D eigenvalue weighted by Gasteiger charge is -2.39. The van der Waals surface area contributed by atoms with Gasteiger partial charge in [-0.25, -0.2) is 4.98 Å². The van der Waals surface area contributed by atoms with E-state index in [1.165, 1.54) is 11.1 Å². The number of carbonyl (C=O) groups excluding carboxylic acids is 1. The van der Waals surface area contributed by atoms with Gasteiger partial charge >= 0.3 is 0 Å². The minimum atomic E-state index is 0.0477. The molecule has 2 aromatic carbocycles. The third-order valence-corrected chi connectivity index (χ3v) is 6.06. The van der Waals surface area contributed by atoms with Crippen LogP contribution in [0.1, 0.15) is 22.9 Å². The van der Waals surface area contributed by atoms with E-state index in [2.05, 4.69) is 70.5 Å². The van der Waals surface area contributed by atoms with Crippen LogP contribution in [-0.2, 0) is 4.79 Å². The highest BCUT2D eigenvalue weighted by Gasteiger charge is 2.27. The summed E-state index contributed by atoms with van der Waals surface area (Å²) in [4.78, 5) is 21.6. The molecule has 1 fully saturated rings. The lowest BCUT2D eigenvalue weighted by Crippen LogP contribution is -2.49. The van der Waals surface area contributed by atoms with Gasteiger partial charge in [0.25, 0.3) is 0 Å². The molecular weight excluding hydrogens is 396 g/mol. The molecule has 0 radical (unpaired) electrons. The van der Waals surface area contributed by atoms with E-state index < -0.39 is 0 Å². The van der Waals surface area contributed by atoms with Gasteiger partial charge < -0.3 is 9.30 Å². The van der Waals surface area contributed by atoms with E-state index in [0.717, 1.165) is 24.4 Å². The number of benzene rings is 2. The number of imidazole rings is 1. The molecule has 5 heteroatoms. The van der Waals surface area contributed by atoms with Crippen molar-refractivity contribution in [2.24, 2.45) is 0 Å². The van der Waals surface area contributed by atoms with Gasteiger partial charge in [-0.2, -0.15) is 0 Å². The molecule has 3 heterocycles. The molecular formula is C27H26N4O. The summed E-state index contributed by atoms with van der Waals surface area (Å²) in [6.07, 6.45) is 7.27. The molecule has 0 spiro atoms. The molecule has 0 atom stereocenters. The number of fused-ring (bicyclic) bond motifs is 1. The van der Waals surface area contributed by atoms with Crippen molar-refractivity contribution in [2.45, 2.75) is 6.04 Å². The summed E-state index contributed by atoms with van der Waals surface area (Å²) >= 11 is 0. The van der Waals surface area contributed by atoms with E-state index >= 15 is 0 Å². The first kappa shape index (κ1) is 20.2. The number of pyridine rings is 1. The molecule has 0 saturated carbocycles. The highest BCUT2D eigenvalue weighted by molar-refractivity contribution is 5.91. The predicted molar refractivity (Wildman–Crippen MR) is 127 cm³/mol. The molecule has 4 aromatic rings. The van der Waals surface area contributed by atoms with Crippen LogP contribution in [0.4, 0.5) is 0 Å². The maximum atomic E-state index is 12.8. The average molecular weight is 423 g/mol. The Morgan fingerprint density at radius 1 is 0.812 bits per heavy atom. The van der Waals surface area contributed by atoms with Crippen molar-refractivity contribution in [3.63, 3.8) is 0 Å². The number of hydrogen-bond donors (Lipinski definition) is 0. The maximum absolute atomic E-state index is 12.8. The van der Waals surface area contributed by atoms with Crippen LogP contribution < -0.4 is 0 Å². The van der Waals surface area contributed by atoms with E-state index in [1.807, 2.05) is 39.8 Å². The van der Waals surface area contributed by atoms with Crippen molar-refractivity contribution in [2.75, 3.05) is 26.2 Å². The Hall–Kier alpha value is -3.70. The van der Waals surface area contributed by atoms with Gasteiger partial charge in [0.05, 0.1) is 17.9 Å². The van der Waals surface area contributed by atoms with Gasteiger partial charge in [-0.05, 0) is 29.3 Å². The second kappa shape index (κ2) is 9.20. The van der Waals surface area contributed by atoms with Gasteiger partial charge in [-0.1, -0.05) is 66.7 Å². The van der Waals surface area contributed by atoms with Gasteiger partial charge in [0.1, 0.15) is 5.65 Å².